The first-order valence-electron chi connectivity index (χ1n) is 5.49. The predicted octanol–water partition coefficient (Wildman–Crippen LogP) is 2.58. The second kappa shape index (κ2) is 5.76. The van der Waals surface area contributed by atoms with Crippen LogP contribution in [0.15, 0.2) is 18.2 Å². The van der Waals surface area contributed by atoms with E-state index in [1.807, 2.05) is 7.05 Å². The van der Waals surface area contributed by atoms with Crippen LogP contribution >= 0.6 is 0 Å². The largest absolute Gasteiger partial charge is 0.497 e. The zero-order valence-corrected chi connectivity index (χ0v) is 10.1. The van der Waals surface area contributed by atoms with E-state index in [0.717, 1.165) is 18.7 Å². The van der Waals surface area contributed by atoms with Crippen LogP contribution in [0.5, 0.6) is 5.75 Å². The fourth-order valence-corrected chi connectivity index (χ4v) is 1.55. The molecule has 1 aromatic rings. The Hall–Kier alpha value is -1.02. The van der Waals surface area contributed by atoms with Crippen molar-refractivity contribution in [3.05, 3.63) is 29.3 Å². The highest BCUT2D eigenvalue weighted by Gasteiger charge is 2.04. The van der Waals surface area contributed by atoms with Crippen LogP contribution in [0.3, 0.4) is 0 Å². The van der Waals surface area contributed by atoms with Crippen molar-refractivity contribution in [1.82, 2.24) is 5.32 Å². The summed E-state index contributed by atoms with van der Waals surface area (Å²) >= 11 is 0. The lowest BCUT2D eigenvalue weighted by Gasteiger charge is -2.11. The van der Waals surface area contributed by atoms with Crippen molar-refractivity contribution in [1.29, 1.82) is 0 Å². The molecule has 0 fully saturated rings. The molecule has 0 saturated heterocycles. The molecule has 0 spiro atoms. The van der Waals surface area contributed by atoms with Gasteiger partial charge in [0, 0.05) is 0 Å². The predicted molar refractivity (Wildman–Crippen MR) is 64.7 cm³/mol. The van der Waals surface area contributed by atoms with E-state index in [9.17, 15) is 0 Å². The minimum absolute atomic E-state index is 0.549. The Bertz CT molecular complexity index is 307. The Morgan fingerprint density at radius 1 is 1.27 bits per heavy atom. The third kappa shape index (κ3) is 3.56. The van der Waals surface area contributed by atoms with Gasteiger partial charge in [0.2, 0.25) is 0 Å². The highest BCUT2D eigenvalue weighted by atomic mass is 16.5. The third-order valence-electron chi connectivity index (χ3n) is 2.55. The number of hydrogen-bond donors (Lipinski definition) is 1. The second-order valence-electron chi connectivity index (χ2n) is 4.12. The van der Waals surface area contributed by atoms with Crippen molar-refractivity contribution >= 4 is 0 Å². The van der Waals surface area contributed by atoms with Crippen molar-refractivity contribution in [3.63, 3.8) is 0 Å². The van der Waals surface area contributed by atoms with Gasteiger partial charge in [0.15, 0.2) is 0 Å². The standard InChI is InChI=1S/C13H21NO/c1-10(2)12-7-11(5-6-14-3)8-13(9-12)15-4/h7-10,14H,5-6H2,1-4H3. The summed E-state index contributed by atoms with van der Waals surface area (Å²) in [5.74, 6) is 1.51. The first-order chi connectivity index (χ1) is 7.17. The normalized spacial score (nSPS) is 10.7. The first-order valence-corrected chi connectivity index (χ1v) is 5.49. The van der Waals surface area contributed by atoms with Crippen LogP contribution in [0.2, 0.25) is 0 Å². The maximum Gasteiger partial charge on any atom is 0.119 e. The third-order valence-corrected chi connectivity index (χ3v) is 2.55. The molecule has 0 aliphatic rings. The first kappa shape index (κ1) is 12.1. The van der Waals surface area contributed by atoms with Gasteiger partial charge < -0.3 is 10.1 Å². The number of likely N-dealkylation sites (N-methyl/N-ethyl adjacent to an activating group) is 1. The van der Waals surface area contributed by atoms with Gasteiger partial charge >= 0.3 is 0 Å². The van der Waals surface area contributed by atoms with Crippen molar-refractivity contribution in [2.75, 3.05) is 20.7 Å². The summed E-state index contributed by atoms with van der Waals surface area (Å²) in [7, 11) is 3.70. The fraction of sp³-hybridized carbons (Fsp3) is 0.538. The maximum atomic E-state index is 5.31. The Balaban J connectivity index is 2.90. The number of ether oxygens (including phenoxy) is 1. The van der Waals surface area contributed by atoms with E-state index >= 15 is 0 Å². The summed E-state index contributed by atoms with van der Waals surface area (Å²) in [5.41, 5.74) is 2.69. The molecule has 0 radical (unpaired) electrons. The second-order valence-corrected chi connectivity index (χ2v) is 4.12. The minimum atomic E-state index is 0.549. The molecule has 0 saturated carbocycles. The van der Waals surface area contributed by atoms with Crippen LogP contribution in [-0.4, -0.2) is 20.7 Å². The minimum Gasteiger partial charge on any atom is -0.497 e. The van der Waals surface area contributed by atoms with Crippen molar-refractivity contribution < 1.29 is 4.74 Å². The van der Waals surface area contributed by atoms with Gasteiger partial charge in [-0.15, -0.1) is 0 Å². The Morgan fingerprint density at radius 3 is 2.53 bits per heavy atom. The monoisotopic (exact) mass is 207 g/mol. The maximum absolute atomic E-state index is 5.31. The van der Waals surface area contributed by atoms with Gasteiger partial charge in [-0.3, -0.25) is 0 Å². The molecule has 15 heavy (non-hydrogen) atoms. The zero-order valence-electron chi connectivity index (χ0n) is 10.1. The summed E-state index contributed by atoms with van der Waals surface area (Å²) in [6.07, 6.45) is 1.05. The van der Waals surface area contributed by atoms with Gasteiger partial charge in [0.25, 0.3) is 0 Å². The van der Waals surface area contributed by atoms with Gasteiger partial charge in [0.05, 0.1) is 7.11 Å². The average Bonchev–Trinajstić information content (AvgIpc) is 2.25. The number of benzene rings is 1. The average molecular weight is 207 g/mol. The molecule has 0 heterocycles. The molecular formula is C13H21NO. The Morgan fingerprint density at radius 2 is 2.00 bits per heavy atom. The Labute approximate surface area is 92.6 Å². The molecule has 84 valence electrons. The molecule has 0 unspecified atom stereocenters. The lowest BCUT2D eigenvalue weighted by molar-refractivity contribution is 0.413. The van der Waals surface area contributed by atoms with E-state index < -0.39 is 0 Å². The molecule has 1 aromatic carbocycles. The van der Waals surface area contributed by atoms with Gasteiger partial charge in [-0.2, -0.15) is 0 Å². The van der Waals surface area contributed by atoms with Crippen LogP contribution < -0.4 is 10.1 Å². The van der Waals surface area contributed by atoms with Crippen LogP contribution in [-0.2, 0) is 6.42 Å². The Kier molecular flexibility index (Phi) is 4.63. The van der Waals surface area contributed by atoms with Crippen LogP contribution in [0, 0.1) is 0 Å². The van der Waals surface area contributed by atoms with Gasteiger partial charge in [-0.05, 0) is 49.2 Å². The van der Waals surface area contributed by atoms with E-state index in [0.29, 0.717) is 5.92 Å². The van der Waals surface area contributed by atoms with Crippen molar-refractivity contribution in [3.8, 4) is 5.75 Å². The molecule has 1 rings (SSSR count). The lowest BCUT2D eigenvalue weighted by Crippen LogP contribution is -2.10. The van der Waals surface area contributed by atoms with Crippen molar-refractivity contribution in [2.45, 2.75) is 26.2 Å². The SMILES string of the molecule is CNCCc1cc(OC)cc(C(C)C)c1. The molecule has 0 aliphatic heterocycles. The quantitative estimate of drug-likeness (QED) is 0.801. The topological polar surface area (TPSA) is 21.3 Å². The van der Waals surface area contributed by atoms with Gasteiger partial charge in [-0.1, -0.05) is 19.9 Å². The zero-order chi connectivity index (χ0) is 11.3. The molecular weight excluding hydrogens is 186 g/mol. The summed E-state index contributed by atoms with van der Waals surface area (Å²) in [5, 5.41) is 3.16. The highest BCUT2D eigenvalue weighted by molar-refractivity contribution is 5.36. The highest BCUT2D eigenvalue weighted by Crippen LogP contribution is 2.23. The number of hydrogen-bond acceptors (Lipinski definition) is 2. The molecule has 0 bridgehead atoms. The number of methoxy groups -OCH3 is 1. The van der Waals surface area contributed by atoms with E-state index in [-0.39, 0.29) is 0 Å². The fourth-order valence-electron chi connectivity index (χ4n) is 1.55. The van der Waals surface area contributed by atoms with E-state index in [2.05, 4.69) is 37.4 Å². The molecule has 0 amide bonds. The van der Waals surface area contributed by atoms with Crippen LogP contribution in [0.4, 0.5) is 0 Å². The summed E-state index contributed by atoms with van der Waals surface area (Å²) in [6, 6.07) is 6.50. The molecule has 0 atom stereocenters. The molecule has 1 N–H and O–H groups in total. The smallest absolute Gasteiger partial charge is 0.119 e. The van der Waals surface area contributed by atoms with Crippen LogP contribution in [0.25, 0.3) is 0 Å². The number of nitrogens with one attached hydrogen (secondary N) is 1. The molecule has 0 aliphatic carbocycles. The molecule has 0 aromatic heterocycles. The van der Waals surface area contributed by atoms with E-state index in [4.69, 9.17) is 4.74 Å². The van der Waals surface area contributed by atoms with Crippen molar-refractivity contribution in [2.24, 2.45) is 0 Å². The lowest BCUT2D eigenvalue weighted by atomic mass is 9.99. The van der Waals surface area contributed by atoms with Gasteiger partial charge in [0.1, 0.15) is 5.75 Å². The summed E-state index contributed by atoms with van der Waals surface area (Å²) < 4.78 is 5.31. The molecule has 2 nitrogen and oxygen atoms in total. The van der Waals surface area contributed by atoms with E-state index in [1.165, 1.54) is 11.1 Å². The summed E-state index contributed by atoms with van der Waals surface area (Å²) in [4.78, 5) is 0. The molecule has 2 heteroatoms. The van der Waals surface area contributed by atoms with Crippen LogP contribution in [0.1, 0.15) is 30.9 Å². The van der Waals surface area contributed by atoms with E-state index in [1.54, 1.807) is 7.11 Å². The number of rotatable bonds is 5. The van der Waals surface area contributed by atoms with Gasteiger partial charge in [-0.25, -0.2) is 0 Å². The summed E-state index contributed by atoms with van der Waals surface area (Å²) in [6.45, 7) is 5.41.